The number of nitrogens with one attached hydrogen (secondary N) is 1. The highest BCUT2D eigenvalue weighted by molar-refractivity contribution is 14.1. The standard InChI is InChI=1S/C8H12O3.C8H10O3.C7H11IO.C7H12O2.C7H10O.C6H11NO2.C6H9NO.C4H4O2.ClH/c2*1-11-8(10)6-2-4-7(9)5-3-6;2*8-5-6-1-3-7(9)4-2-6;8-7-2-1-5-3-6(7)4-5;7-3-4-1-5(2-4)6(8)9;8-6-5-1-4(2-5)3-7-6;1-3-4(5)6-2;/h6H,2-5H2,1H3;2H,3-5H2,1H3;6H,1-5H2;6,8H,1-5H2;5-6H,1-4H2;4-5H,1-3,7H2,(H,8,9);4-5H,1-3H2,(H,7,8);1H,2H3;1H. The number of ketones is 5. The van der Waals surface area contributed by atoms with Gasteiger partial charge in [-0.05, 0) is 114 Å². The maximum absolute atomic E-state index is 10.9. The molecule has 2 heterocycles. The van der Waals surface area contributed by atoms with E-state index in [1.54, 1.807) is 12.0 Å². The number of carboxylic acids is 1. The number of terminal acetylenes is 1. The maximum Gasteiger partial charge on any atom is 0.383 e. The van der Waals surface area contributed by atoms with Gasteiger partial charge in [-0.3, -0.25) is 38.4 Å². The number of fused-ring (bicyclic) bond motifs is 4. The number of rotatable bonds is 6. The predicted molar refractivity (Wildman–Crippen MR) is 270 cm³/mol. The van der Waals surface area contributed by atoms with E-state index in [4.69, 9.17) is 10.2 Å². The van der Waals surface area contributed by atoms with E-state index in [0.29, 0.717) is 104 Å². The number of carboxylic acid groups (broad SMARTS) is 1. The Kier molecular flexibility index (Phi) is 33.7. The molecule has 0 unspecified atom stereocenters. The molecule has 6 N–H and O–H groups in total. The van der Waals surface area contributed by atoms with E-state index < -0.39 is 11.9 Å². The van der Waals surface area contributed by atoms with Gasteiger partial charge in [0.2, 0.25) is 5.91 Å². The number of carbonyl (C=O) groups excluding carboxylic acids is 9. The molecule has 17 nitrogen and oxygen atoms in total. The Balaban J connectivity index is 0.000000413. The minimum Gasteiger partial charge on any atom is -1.00 e. The van der Waals surface area contributed by atoms with Crippen molar-refractivity contribution in [2.75, 3.05) is 45.5 Å². The number of halogens is 2. The quantitative estimate of drug-likeness (QED) is 0.0742. The Morgan fingerprint density at radius 3 is 1.50 bits per heavy atom. The van der Waals surface area contributed by atoms with Crippen molar-refractivity contribution in [3.63, 3.8) is 0 Å². The van der Waals surface area contributed by atoms with Gasteiger partial charge in [-0.1, -0.05) is 28.7 Å². The normalized spacial score (nSPS) is 25.7. The van der Waals surface area contributed by atoms with Crippen LogP contribution in [0.25, 0.3) is 0 Å². The van der Waals surface area contributed by atoms with Gasteiger partial charge in [-0.25, -0.2) is 9.59 Å². The third kappa shape index (κ3) is 25.7. The third-order valence-electron chi connectivity index (χ3n) is 14.5. The molecule has 2 aliphatic heterocycles. The summed E-state index contributed by atoms with van der Waals surface area (Å²) in [5.41, 5.74) is 4.34. The number of allylic oxidation sites excluding steroid dienone is 1. The van der Waals surface area contributed by atoms with Crippen LogP contribution in [0.1, 0.15) is 148 Å². The van der Waals surface area contributed by atoms with Gasteiger partial charge in [-0.2, -0.15) is 0 Å². The number of quaternary nitrogens is 1. The molecule has 0 spiro atoms. The van der Waals surface area contributed by atoms with Crippen LogP contribution in [0, 0.1) is 65.6 Å². The molecule has 0 aromatic heterocycles. The molecule has 0 radical (unpaired) electrons. The van der Waals surface area contributed by atoms with Crippen molar-refractivity contribution < 1.29 is 90.5 Å². The smallest absolute Gasteiger partial charge is 0.383 e. The van der Waals surface area contributed by atoms with Crippen molar-refractivity contribution in [1.29, 1.82) is 0 Å². The summed E-state index contributed by atoms with van der Waals surface area (Å²) in [6.45, 7) is 2.09. The predicted octanol–water partition coefficient (Wildman–Crippen LogP) is 2.33. The van der Waals surface area contributed by atoms with Gasteiger partial charge in [0.1, 0.15) is 28.9 Å². The van der Waals surface area contributed by atoms with Crippen molar-refractivity contribution in [3.8, 4) is 12.3 Å². The number of aliphatic hydroxyl groups excluding tert-OH is 1. The fourth-order valence-corrected chi connectivity index (χ4v) is 10.1. The first-order valence-electron chi connectivity index (χ1n) is 25.4. The van der Waals surface area contributed by atoms with E-state index in [9.17, 15) is 47.9 Å². The number of hydrogen-bond donors (Lipinski definition) is 4. The summed E-state index contributed by atoms with van der Waals surface area (Å²) in [7, 11) is 3.97. The maximum atomic E-state index is 10.9. The van der Waals surface area contributed by atoms with E-state index in [1.807, 2.05) is 0 Å². The van der Waals surface area contributed by atoms with Gasteiger partial charge in [0.15, 0.2) is 0 Å². The van der Waals surface area contributed by atoms with E-state index in [2.05, 4.69) is 54.3 Å². The molecule has 4 bridgehead atoms. The average molecular weight is 1150 g/mol. The van der Waals surface area contributed by atoms with Crippen LogP contribution in [0.5, 0.6) is 0 Å². The Morgan fingerprint density at radius 1 is 0.667 bits per heavy atom. The number of amides is 1. The van der Waals surface area contributed by atoms with Gasteiger partial charge < -0.3 is 47.9 Å². The highest BCUT2D eigenvalue weighted by Crippen LogP contribution is 2.43. The SMILES string of the molecule is C#CC(=O)OC.COC(=O)C1=CCC(=O)CC1.COC(=O)C1CCC(=O)CC1.O=C1CCC(CI)CC1.O=C1CCC(CO)CC1.O=C1CCC2CC1C2.O=C1NCC2CC1C2.[Cl-].[NH3+]CC1CC(C(=O)O)C1. The largest absolute Gasteiger partial charge is 1.00 e. The minimum atomic E-state index is -0.639. The Morgan fingerprint density at radius 2 is 1.19 bits per heavy atom. The molecule has 72 heavy (non-hydrogen) atoms. The number of Topliss-reactive ketones (excluding diaryl/α,β-unsaturated/α-hetero) is 5. The monoisotopic (exact) mass is 1150 g/mol. The van der Waals surface area contributed by atoms with Crippen LogP contribution in [0.4, 0.5) is 0 Å². The molecule has 10 fully saturated rings. The fourth-order valence-electron chi connectivity index (χ4n) is 9.23. The highest BCUT2D eigenvalue weighted by atomic mass is 127. The lowest BCUT2D eigenvalue weighted by Crippen LogP contribution is -3.00. The highest BCUT2D eigenvalue weighted by Gasteiger charge is 2.39. The number of methoxy groups -OCH3 is 3. The lowest BCUT2D eigenvalue weighted by atomic mass is 9.65. The van der Waals surface area contributed by atoms with Crippen molar-refractivity contribution in [2.45, 2.75) is 148 Å². The van der Waals surface area contributed by atoms with Crippen LogP contribution >= 0.6 is 22.6 Å². The van der Waals surface area contributed by atoms with Gasteiger partial charge in [0.05, 0.1) is 39.7 Å². The van der Waals surface area contributed by atoms with Crippen LogP contribution in [0.3, 0.4) is 0 Å². The summed E-state index contributed by atoms with van der Waals surface area (Å²) in [6, 6.07) is 0. The molecule has 406 valence electrons. The van der Waals surface area contributed by atoms with Crippen molar-refractivity contribution in [1.82, 2.24) is 5.32 Å². The molecule has 19 heteroatoms. The zero-order valence-electron chi connectivity index (χ0n) is 42.6. The van der Waals surface area contributed by atoms with E-state index in [1.165, 1.54) is 45.0 Å². The first-order chi connectivity index (χ1) is 33.9. The number of hydrogen-bond acceptors (Lipinski definition) is 14. The minimum absolute atomic E-state index is 0. The third-order valence-corrected chi connectivity index (χ3v) is 15.8. The lowest BCUT2D eigenvalue weighted by molar-refractivity contribution is -0.384. The zero-order chi connectivity index (χ0) is 52.9. The summed E-state index contributed by atoms with van der Waals surface area (Å²) in [5.74, 6) is 6.54. The van der Waals surface area contributed by atoms with Crippen LogP contribution < -0.4 is 23.5 Å². The Bertz CT molecular complexity index is 1770. The number of aliphatic carboxylic acids is 1. The summed E-state index contributed by atoms with van der Waals surface area (Å²) in [5, 5.41) is 19.9. The van der Waals surface area contributed by atoms with E-state index in [0.717, 1.165) is 101 Å². The van der Waals surface area contributed by atoms with Gasteiger partial charge >= 0.3 is 23.9 Å². The van der Waals surface area contributed by atoms with Crippen LogP contribution in [-0.4, -0.2) is 114 Å². The second-order valence-corrected chi connectivity index (χ2v) is 20.6. The topological polar surface area (TPSA) is 279 Å². The molecule has 0 aromatic carbocycles. The molecule has 11 aliphatic rings. The van der Waals surface area contributed by atoms with Gasteiger partial charge in [0.25, 0.3) is 0 Å². The number of carbonyl (C=O) groups is 10. The summed E-state index contributed by atoms with van der Waals surface area (Å²) >= 11 is 2.40. The van der Waals surface area contributed by atoms with Gasteiger partial charge in [-0.15, -0.1) is 6.42 Å². The second-order valence-electron chi connectivity index (χ2n) is 19.7. The van der Waals surface area contributed by atoms with Crippen molar-refractivity contribution in [3.05, 3.63) is 11.6 Å². The summed E-state index contributed by atoms with van der Waals surface area (Å²) < 4.78 is 14.3. The molecule has 1 amide bonds. The number of esters is 3. The van der Waals surface area contributed by atoms with Crippen molar-refractivity contribution in [2.24, 2.45) is 53.3 Å². The molecule has 8 saturated carbocycles. The van der Waals surface area contributed by atoms with Gasteiger partial charge in [0, 0.05) is 105 Å². The molecule has 2 saturated heterocycles. The first-order valence-corrected chi connectivity index (χ1v) is 26.9. The summed E-state index contributed by atoms with van der Waals surface area (Å²) in [4.78, 5) is 106. The lowest BCUT2D eigenvalue weighted by Gasteiger charge is -2.39. The van der Waals surface area contributed by atoms with Crippen LogP contribution in [0.2, 0.25) is 0 Å². The molecule has 0 aromatic rings. The number of alkyl halides is 1. The molecular weight excluding hydrogens is 1070 g/mol. The molecule has 0 atom stereocenters. The zero-order valence-corrected chi connectivity index (χ0v) is 45.5. The summed E-state index contributed by atoms with van der Waals surface area (Å²) in [6.07, 6.45) is 25.7. The molecular formula is C53H80ClIN2O15. The number of piperidine rings is 2. The number of aliphatic hydroxyl groups is 1. The van der Waals surface area contributed by atoms with Crippen LogP contribution in [0.15, 0.2) is 11.6 Å². The van der Waals surface area contributed by atoms with Crippen molar-refractivity contribution >= 4 is 81.3 Å². The van der Waals surface area contributed by atoms with Crippen LogP contribution in [-0.2, 0) is 62.2 Å². The Hall–Kier alpha value is -4.06. The molecule has 9 aliphatic carbocycles. The fraction of sp³-hybridized carbons (Fsp3) is 0.736. The average Bonchev–Trinajstić information content (AvgIpc) is 3.34. The number of ether oxygens (including phenoxy) is 3. The van der Waals surface area contributed by atoms with E-state index >= 15 is 0 Å². The Labute approximate surface area is 445 Å². The molecule has 11 rings (SSSR count). The first kappa shape index (κ1) is 66.0. The van der Waals surface area contributed by atoms with E-state index in [-0.39, 0.29) is 60.3 Å². The second kappa shape index (κ2) is 36.8.